The maximum absolute atomic E-state index is 11.4. The smallest absolute Gasteiger partial charge is 0.223 e. The van der Waals surface area contributed by atoms with Gasteiger partial charge in [-0.2, -0.15) is 0 Å². The van der Waals surface area contributed by atoms with Crippen LogP contribution in [0.4, 0.5) is 0 Å². The van der Waals surface area contributed by atoms with Crippen LogP contribution in [0.2, 0.25) is 0 Å². The van der Waals surface area contributed by atoms with Crippen LogP contribution in [-0.4, -0.2) is 32.2 Å². The predicted octanol–water partition coefficient (Wildman–Crippen LogP) is 1.51. The van der Waals surface area contributed by atoms with Gasteiger partial charge in [-0.25, -0.2) is 0 Å². The van der Waals surface area contributed by atoms with Crippen molar-refractivity contribution in [3.05, 3.63) is 24.2 Å². The topological polar surface area (TPSA) is 48.7 Å². The molecule has 0 aliphatic heterocycles. The minimum absolute atomic E-state index is 0.0258. The molecule has 0 bridgehead atoms. The molecule has 78 valence electrons. The van der Waals surface area contributed by atoms with Gasteiger partial charge in [0.25, 0.3) is 0 Å². The number of carbonyl (C=O) groups is 1. The van der Waals surface area contributed by atoms with Gasteiger partial charge in [0.15, 0.2) is 5.76 Å². The van der Waals surface area contributed by atoms with Crippen LogP contribution in [0.1, 0.15) is 17.5 Å². The van der Waals surface area contributed by atoms with E-state index in [1.54, 1.807) is 19.2 Å². The van der Waals surface area contributed by atoms with Crippen molar-refractivity contribution in [1.29, 1.82) is 0 Å². The molecular weight excluding hydrogens is 184 g/mol. The largest absolute Gasteiger partial charge is 0.461 e. The fourth-order valence-electron chi connectivity index (χ4n) is 1.01. The fourth-order valence-corrected chi connectivity index (χ4v) is 1.01. The van der Waals surface area contributed by atoms with E-state index in [-0.39, 0.29) is 18.5 Å². The Hall–Kier alpha value is -1.13. The molecule has 4 heteroatoms. The van der Waals surface area contributed by atoms with Gasteiger partial charge in [0.1, 0.15) is 6.61 Å². The highest BCUT2D eigenvalue weighted by molar-refractivity contribution is 5.94. The van der Waals surface area contributed by atoms with E-state index < -0.39 is 0 Å². The van der Waals surface area contributed by atoms with Crippen molar-refractivity contribution in [2.24, 2.45) is 0 Å². The van der Waals surface area contributed by atoms with Crippen LogP contribution in [0.3, 0.4) is 0 Å². The lowest BCUT2D eigenvalue weighted by Gasteiger charge is -2.09. The minimum Gasteiger partial charge on any atom is -0.461 e. The molecule has 0 amide bonds. The minimum atomic E-state index is -0.155. The summed E-state index contributed by atoms with van der Waals surface area (Å²) in [5, 5.41) is 0. The Morgan fingerprint density at radius 2 is 2.43 bits per heavy atom. The first-order valence-corrected chi connectivity index (χ1v) is 4.41. The molecule has 0 aliphatic carbocycles. The monoisotopic (exact) mass is 198 g/mol. The number of ether oxygens (including phenoxy) is 2. The van der Waals surface area contributed by atoms with Crippen LogP contribution in [0.5, 0.6) is 0 Å². The van der Waals surface area contributed by atoms with Crippen LogP contribution in [-0.2, 0) is 9.47 Å². The zero-order valence-corrected chi connectivity index (χ0v) is 8.36. The van der Waals surface area contributed by atoms with Gasteiger partial charge in [0, 0.05) is 7.11 Å². The molecule has 0 N–H and O–H groups in total. The van der Waals surface area contributed by atoms with Crippen molar-refractivity contribution >= 4 is 5.78 Å². The van der Waals surface area contributed by atoms with Gasteiger partial charge in [-0.05, 0) is 19.1 Å². The van der Waals surface area contributed by atoms with Crippen molar-refractivity contribution in [2.45, 2.75) is 13.0 Å². The molecule has 1 aromatic heterocycles. The zero-order chi connectivity index (χ0) is 10.4. The van der Waals surface area contributed by atoms with Crippen molar-refractivity contribution < 1.29 is 18.7 Å². The zero-order valence-electron chi connectivity index (χ0n) is 8.36. The van der Waals surface area contributed by atoms with Gasteiger partial charge in [-0.1, -0.05) is 0 Å². The lowest BCUT2D eigenvalue weighted by atomic mass is 10.3. The molecular formula is C10H14O4. The van der Waals surface area contributed by atoms with Gasteiger partial charge in [0.05, 0.1) is 19.0 Å². The Kier molecular flexibility index (Phi) is 4.35. The van der Waals surface area contributed by atoms with Gasteiger partial charge in [-0.3, -0.25) is 4.79 Å². The maximum atomic E-state index is 11.4. The number of furan rings is 1. The van der Waals surface area contributed by atoms with Crippen LogP contribution in [0.25, 0.3) is 0 Å². The summed E-state index contributed by atoms with van der Waals surface area (Å²) < 4.78 is 15.0. The van der Waals surface area contributed by atoms with Crippen LogP contribution < -0.4 is 0 Å². The first kappa shape index (κ1) is 10.9. The Labute approximate surface area is 82.8 Å². The van der Waals surface area contributed by atoms with Crippen LogP contribution >= 0.6 is 0 Å². The molecule has 1 unspecified atom stereocenters. The summed E-state index contributed by atoms with van der Waals surface area (Å²) in [6, 6.07) is 3.29. The lowest BCUT2D eigenvalue weighted by molar-refractivity contribution is 0.0116. The molecule has 0 aliphatic rings. The molecule has 0 saturated carbocycles. The van der Waals surface area contributed by atoms with Crippen LogP contribution in [0, 0.1) is 0 Å². The van der Waals surface area contributed by atoms with E-state index in [9.17, 15) is 4.79 Å². The SMILES string of the molecule is COCC(C)OCC(=O)c1ccco1. The standard InChI is InChI=1S/C10H14O4/c1-8(6-12-2)14-7-9(11)10-4-3-5-13-10/h3-5,8H,6-7H2,1-2H3. The summed E-state index contributed by atoms with van der Waals surface area (Å²) in [5.74, 6) is 0.174. The Morgan fingerprint density at radius 3 is 3.00 bits per heavy atom. The summed E-state index contributed by atoms with van der Waals surface area (Å²) in [6.07, 6.45) is 1.38. The number of hydrogen-bond donors (Lipinski definition) is 0. The average Bonchev–Trinajstić information content (AvgIpc) is 2.67. The normalized spacial score (nSPS) is 12.7. The third-order valence-electron chi connectivity index (χ3n) is 1.70. The van der Waals surface area contributed by atoms with E-state index in [4.69, 9.17) is 13.9 Å². The third-order valence-corrected chi connectivity index (χ3v) is 1.70. The lowest BCUT2D eigenvalue weighted by Crippen LogP contribution is -2.19. The Morgan fingerprint density at radius 1 is 1.64 bits per heavy atom. The molecule has 1 atom stereocenters. The van der Waals surface area contributed by atoms with E-state index in [2.05, 4.69) is 0 Å². The van der Waals surface area contributed by atoms with Crippen molar-refractivity contribution in [1.82, 2.24) is 0 Å². The van der Waals surface area contributed by atoms with E-state index >= 15 is 0 Å². The highest BCUT2D eigenvalue weighted by Gasteiger charge is 2.10. The third kappa shape index (κ3) is 3.32. The summed E-state index contributed by atoms with van der Waals surface area (Å²) >= 11 is 0. The van der Waals surface area contributed by atoms with Crippen molar-refractivity contribution in [2.75, 3.05) is 20.3 Å². The quantitative estimate of drug-likeness (QED) is 0.650. The number of methoxy groups -OCH3 is 1. The Bertz CT molecular complexity index is 266. The maximum Gasteiger partial charge on any atom is 0.223 e. The molecule has 1 aromatic rings. The van der Waals surface area contributed by atoms with Crippen molar-refractivity contribution in [3.8, 4) is 0 Å². The van der Waals surface area contributed by atoms with E-state index in [0.29, 0.717) is 12.4 Å². The van der Waals surface area contributed by atoms with Gasteiger partial charge < -0.3 is 13.9 Å². The molecule has 1 heterocycles. The number of Topliss-reactive ketones (excluding diaryl/α,β-unsaturated/α-hetero) is 1. The van der Waals surface area contributed by atoms with Gasteiger partial charge >= 0.3 is 0 Å². The first-order chi connectivity index (χ1) is 6.74. The molecule has 0 aromatic carbocycles. The average molecular weight is 198 g/mol. The molecule has 1 rings (SSSR count). The highest BCUT2D eigenvalue weighted by Crippen LogP contribution is 2.02. The molecule has 14 heavy (non-hydrogen) atoms. The van der Waals surface area contributed by atoms with Crippen molar-refractivity contribution in [3.63, 3.8) is 0 Å². The number of carbonyl (C=O) groups excluding carboxylic acids is 1. The number of rotatable bonds is 6. The fraction of sp³-hybridized carbons (Fsp3) is 0.500. The van der Waals surface area contributed by atoms with Crippen LogP contribution in [0.15, 0.2) is 22.8 Å². The van der Waals surface area contributed by atoms with Gasteiger partial charge in [-0.15, -0.1) is 0 Å². The molecule has 0 saturated heterocycles. The number of hydrogen-bond acceptors (Lipinski definition) is 4. The second kappa shape index (κ2) is 5.57. The molecule has 0 fully saturated rings. The molecule has 4 nitrogen and oxygen atoms in total. The Balaban J connectivity index is 2.28. The highest BCUT2D eigenvalue weighted by atomic mass is 16.5. The summed E-state index contributed by atoms with van der Waals surface area (Å²) in [5.41, 5.74) is 0. The summed E-state index contributed by atoms with van der Waals surface area (Å²) in [7, 11) is 1.59. The molecule has 0 radical (unpaired) electrons. The second-order valence-electron chi connectivity index (χ2n) is 2.98. The van der Waals surface area contributed by atoms with E-state index in [1.165, 1.54) is 6.26 Å². The number of ketones is 1. The van der Waals surface area contributed by atoms with E-state index in [0.717, 1.165) is 0 Å². The summed E-state index contributed by atoms with van der Waals surface area (Å²) in [6.45, 7) is 2.35. The molecule has 0 spiro atoms. The first-order valence-electron chi connectivity index (χ1n) is 4.41. The van der Waals surface area contributed by atoms with E-state index in [1.807, 2.05) is 6.92 Å². The predicted molar refractivity (Wildman–Crippen MR) is 50.3 cm³/mol. The summed E-state index contributed by atoms with van der Waals surface area (Å²) in [4.78, 5) is 11.4. The van der Waals surface area contributed by atoms with Gasteiger partial charge in [0.2, 0.25) is 5.78 Å². The second-order valence-corrected chi connectivity index (χ2v) is 2.98.